The normalized spacial score (nSPS) is 42.5. The monoisotopic (exact) mass is 156 g/mol. The van der Waals surface area contributed by atoms with Crippen LogP contribution in [0.2, 0.25) is 0 Å². The Balaban J connectivity index is 2.85. The van der Waals surface area contributed by atoms with E-state index in [2.05, 4.69) is 0 Å². The molecule has 2 nitrogen and oxygen atoms in total. The molecule has 3 atom stereocenters. The van der Waals surface area contributed by atoms with E-state index in [-0.39, 0.29) is 11.3 Å². The van der Waals surface area contributed by atoms with Crippen molar-refractivity contribution in [3.8, 4) is 0 Å². The number of aliphatic hydroxyl groups excluding tert-OH is 2. The fraction of sp³-hybridized carbons (Fsp3) is 0.778. The zero-order valence-electron chi connectivity index (χ0n) is 7.28. The van der Waals surface area contributed by atoms with Crippen LogP contribution in [0.5, 0.6) is 0 Å². The van der Waals surface area contributed by atoms with Crippen molar-refractivity contribution >= 4 is 0 Å². The Morgan fingerprint density at radius 1 is 1.27 bits per heavy atom. The van der Waals surface area contributed by atoms with Crippen LogP contribution in [0, 0.1) is 11.3 Å². The lowest BCUT2D eigenvalue weighted by molar-refractivity contribution is -0.0210. The lowest BCUT2D eigenvalue weighted by atomic mass is 9.74. The second-order valence-corrected chi connectivity index (χ2v) is 3.98. The first kappa shape index (κ1) is 8.75. The Morgan fingerprint density at radius 3 is 2.27 bits per heavy atom. The van der Waals surface area contributed by atoms with Crippen molar-refractivity contribution < 1.29 is 10.2 Å². The quantitative estimate of drug-likeness (QED) is 0.512. The number of aliphatic hydroxyl groups is 2. The van der Waals surface area contributed by atoms with E-state index in [1.54, 1.807) is 6.08 Å². The van der Waals surface area contributed by atoms with Crippen LogP contribution in [0.3, 0.4) is 0 Å². The summed E-state index contributed by atoms with van der Waals surface area (Å²) in [5, 5.41) is 19.0. The molecule has 1 rings (SSSR count). The molecule has 0 aromatic rings. The van der Waals surface area contributed by atoms with Crippen LogP contribution < -0.4 is 0 Å². The van der Waals surface area contributed by atoms with Crippen LogP contribution in [0.15, 0.2) is 12.2 Å². The topological polar surface area (TPSA) is 40.5 Å². The van der Waals surface area contributed by atoms with E-state index in [1.165, 1.54) is 0 Å². The summed E-state index contributed by atoms with van der Waals surface area (Å²) in [6, 6.07) is 0. The van der Waals surface area contributed by atoms with Gasteiger partial charge in [0.15, 0.2) is 0 Å². The van der Waals surface area contributed by atoms with E-state index in [4.69, 9.17) is 0 Å². The van der Waals surface area contributed by atoms with E-state index in [1.807, 2.05) is 26.8 Å². The fourth-order valence-corrected chi connectivity index (χ4v) is 1.48. The molecule has 0 radical (unpaired) electrons. The molecule has 0 aromatic carbocycles. The predicted octanol–water partition coefficient (Wildman–Crippen LogP) is 0.940. The van der Waals surface area contributed by atoms with Gasteiger partial charge in [0, 0.05) is 11.3 Å². The molecule has 2 heteroatoms. The van der Waals surface area contributed by atoms with E-state index in [9.17, 15) is 10.2 Å². The van der Waals surface area contributed by atoms with Gasteiger partial charge < -0.3 is 10.2 Å². The molecular weight excluding hydrogens is 140 g/mol. The second kappa shape index (κ2) is 2.61. The second-order valence-electron chi connectivity index (χ2n) is 3.98. The molecule has 3 unspecified atom stereocenters. The van der Waals surface area contributed by atoms with Crippen LogP contribution >= 0.6 is 0 Å². The van der Waals surface area contributed by atoms with Crippen molar-refractivity contribution in [3.05, 3.63) is 12.2 Å². The van der Waals surface area contributed by atoms with Crippen molar-refractivity contribution in [2.45, 2.75) is 33.0 Å². The molecular formula is C9H16O2. The predicted molar refractivity (Wildman–Crippen MR) is 44.1 cm³/mol. The molecule has 64 valence electrons. The van der Waals surface area contributed by atoms with Crippen molar-refractivity contribution in [2.75, 3.05) is 0 Å². The third kappa shape index (κ3) is 1.47. The molecule has 0 saturated heterocycles. The molecule has 0 saturated carbocycles. The summed E-state index contributed by atoms with van der Waals surface area (Å²) in [4.78, 5) is 0. The maximum atomic E-state index is 9.66. The maximum absolute atomic E-state index is 9.66. The molecule has 1 aliphatic rings. The Kier molecular flexibility index (Phi) is 2.08. The molecule has 0 fully saturated rings. The smallest absolute Gasteiger partial charge is 0.0771 e. The van der Waals surface area contributed by atoms with Gasteiger partial charge in [0.25, 0.3) is 0 Å². The van der Waals surface area contributed by atoms with Gasteiger partial charge in [-0.2, -0.15) is 0 Å². The van der Waals surface area contributed by atoms with E-state index < -0.39 is 12.2 Å². The summed E-state index contributed by atoms with van der Waals surface area (Å²) in [5.41, 5.74) is -0.196. The number of rotatable bonds is 0. The average Bonchev–Trinajstić information content (AvgIpc) is 1.95. The summed E-state index contributed by atoms with van der Waals surface area (Å²) in [5.74, 6) is -0.0602. The zero-order valence-corrected chi connectivity index (χ0v) is 7.28. The van der Waals surface area contributed by atoms with Crippen LogP contribution in [0.4, 0.5) is 0 Å². The van der Waals surface area contributed by atoms with Crippen molar-refractivity contribution in [1.29, 1.82) is 0 Å². The van der Waals surface area contributed by atoms with E-state index in [0.717, 1.165) is 0 Å². The Labute approximate surface area is 67.6 Å². The SMILES string of the molecule is CC1C(O)C=CC(C)(C)C1O. The highest BCUT2D eigenvalue weighted by Gasteiger charge is 2.36. The summed E-state index contributed by atoms with van der Waals surface area (Å²) < 4.78 is 0. The Bertz CT molecular complexity index is 172. The third-order valence-electron chi connectivity index (χ3n) is 2.52. The standard InChI is InChI=1S/C9H16O2/c1-6-7(10)4-5-9(2,3)8(6)11/h4-8,10-11H,1-3H3. The number of hydrogen-bond donors (Lipinski definition) is 2. The summed E-state index contributed by atoms with van der Waals surface area (Å²) in [6.07, 6.45) is 2.71. The molecule has 1 aliphatic carbocycles. The Morgan fingerprint density at radius 2 is 1.82 bits per heavy atom. The number of hydrogen-bond acceptors (Lipinski definition) is 2. The third-order valence-corrected chi connectivity index (χ3v) is 2.52. The van der Waals surface area contributed by atoms with Gasteiger partial charge in [0.1, 0.15) is 0 Å². The van der Waals surface area contributed by atoms with Gasteiger partial charge in [0.05, 0.1) is 12.2 Å². The molecule has 0 spiro atoms. The van der Waals surface area contributed by atoms with Crippen molar-refractivity contribution in [2.24, 2.45) is 11.3 Å². The van der Waals surface area contributed by atoms with Crippen LogP contribution in [0.25, 0.3) is 0 Å². The van der Waals surface area contributed by atoms with E-state index in [0.29, 0.717) is 0 Å². The van der Waals surface area contributed by atoms with Crippen LogP contribution in [-0.4, -0.2) is 22.4 Å². The zero-order chi connectivity index (χ0) is 8.65. The van der Waals surface area contributed by atoms with Gasteiger partial charge in [-0.05, 0) is 0 Å². The largest absolute Gasteiger partial charge is 0.392 e. The first-order valence-corrected chi connectivity index (χ1v) is 4.00. The highest BCUT2D eigenvalue weighted by Crippen LogP contribution is 2.33. The van der Waals surface area contributed by atoms with Gasteiger partial charge in [-0.1, -0.05) is 32.9 Å². The fourth-order valence-electron chi connectivity index (χ4n) is 1.48. The summed E-state index contributed by atoms with van der Waals surface area (Å²) in [7, 11) is 0. The average molecular weight is 156 g/mol. The maximum Gasteiger partial charge on any atom is 0.0771 e. The van der Waals surface area contributed by atoms with Crippen molar-refractivity contribution in [1.82, 2.24) is 0 Å². The minimum atomic E-state index is -0.488. The van der Waals surface area contributed by atoms with Gasteiger partial charge in [-0.3, -0.25) is 0 Å². The van der Waals surface area contributed by atoms with E-state index >= 15 is 0 Å². The molecule has 0 amide bonds. The van der Waals surface area contributed by atoms with Gasteiger partial charge in [-0.15, -0.1) is 0 Å². The molecule has 0 aliphatic heterocycles. The molecule has 0 bridgehead atoms. The molecule has 2 N–H and O–H groups in total. The highest BCUT2D eigenvalue weighted by atomic mass is 16.3. The van der Waals surface area contributed by atoms with Crippen LogP contribution in [0.1, 0.15) is 20.8 Å². The highest BCUT2D eigenvalue weighted by molar-refractivity contribution is 5.09. The van der Waals surface area contributed by atoms with Gasteiger partial charge in [0.2, 0.25) is 0 Å². The van der Waals surface area contributed by atoms with Gasteiger partial charge in [-0.25, -0.2) is 0 Å². The molecule has 0 aromatic heterocycles. The minimum Gasteiger partial charge on any atom is -0.392 e. The lowest BCUT2D eigenvalue weighted by Crippen LogP contribution is -2.42. The minimum absolute atomic E-state index is 0.0602. The van der Waals surface area contributed by atoms with Crippen molar-refractivity contribution in [3.63, 3.8) is 0 Å². The molecule has 11 heavy (non-hydrogen) atoms. The summed E-state index contributed by atoms with van der Waals surface area (Å²) >= 11 is 0. The molecule has 0 heterocycles. The van der Waals surface area contributed by atoms with Crippen LogP contribution in [-0.2, 0) is 0 Å². The summed E-state index contributed by atoms with van der Waals surface area (Å²) in [6.45, 7) is 5.80. The first-order chi connectivity index (χ1) is 4.95. The van der Waals surface area contributed by atoms with Gasteiger partial charge >= 0.3 is 0 Å². The lowest BCUT2D eigenvalue weighted by Gasteiger charge is -2.37. The first-order valence-electron chi connectivity index (χ1n) is 4.00. The Hall–Kier alpha value is -0.340.